The third-order valence-corrected chi connectivity index (χ3v) is 4.71. The van der Waals surface area contributed by atoms with E-state index in [-0.39, 0.29) is 5.91 Å². The highest BCUT2D eigenvalue weighted by atomic mass is 16.2. The molecule has 28 heavy (non-hydrogen) atoms. The molecule has 0 spiro atoms. The van der Waals surface area contributed by atoms with Crippen LogP contribution in [0.1, 0.15) is 12.8 Å². The molecule has 1 aliphatic rings. The fourth-order valence-electron chi connectivity index (χ4n) is 3.26. The number of fused-ring (bicyclic) bond motifs is 1. The predicted molar refractivity (Wildman–Crippen MR) is 110 cm³/mol. The Bertz CT molecular complexity index is 1010. The zero-order valence-corrected chi connectivity index (χ0v) is 15.4. The average Bonchev–Trinajstić information content (AvgIpc) is 3.32. The lowest BCUT2D eigenvalue weighted by atomic mass is 9.49. The maximum Gasteiger partial charge on any atom is 0.239 e. The molecule has 0 aromatic carbocycles. The van der Waals surface area contributed by atoms with Gasteiger partial charge < -0.3 is 5.32 Å². The van der Waals surface area contributed by atoms with Crippen molar-refractivity contribution < 1.29 is 4.79 Å². The van der Waals surface area contributed by atoms with Gasteiger partial charge in [0.15, 0.2) is 0 Å². The van der Waals surface area contributed by atoms with Crippen molar-refractivity contribution in [2.75, 3.05) is 25.0 Å². The van der Waals surface area contributed by atoms with E-state index in [0.29, 0.717) is 18.1 Å². The maximum atomic E-state index is 12.2. The van der Waals surface area contributed by atoms with E-state index in [0.717, 1.165) is 42.3 Å². The second-order valence-electron chi connectivity index (χ2n) is 7.08. The van der Waals surface area contributed by atoms with Gasteiger partial charge in [-0.3, -0.25) is 19.4 Å². The summed E-state index contributed by atoms with van der Waals surface area (Å²) < 4.78 is 1.27. The number of pyridine rings is 2. The summed E-state index contributed by atoms with van der Waals surface area (Å²) in [6.07, 6.45) is 8.92. The molecule has 3 aromatic heterocycles. The molecule has 0 unspecified atom stereocenters. The Balaban J connectivity index is 1.55. The van der Waals surface area contributed by atoms with Crippen LogP contribution in [-0.4, -0.2) is 73.7 Å². The molecule has 1 N–H and O–H groups in total. The van der Waals surface area contributed by atoms with Gasteiger partial charge in [0, 0.05) is 29.5 Å². The van der Waals surface area contributed by atoms with E-state index in [1.54, 1.807) is 24.8 Å². The van der Waals surface area contributed by atoms with Crippen LogP contribution < -0.4 is 5.32 Å². The molecule has 0 aliphatic carbocycles. The number of amides is 1. The van der Waals surface area contributed by atoms with Gasteiger partial charge in [0.1, 0.15) is 5.82 Å². The highest BCUT2D eigenvalue weighted by Gasteiger charge is 2.16. The number of likely N-dealkylation sites (tertiary alicyclic amines) is 1. The van der Waals surface area contributed by atoms with Crippen LogP contribution >= 0.6 is 0 Å². The quantitative estimate of drug-likeness (QED) is 0.670. The highest BCUT2D eigenvalue weighted by molar-refractivity contribution is 6.56. The molecule has 1 aliphatic heterocycles. The molecule has 0 atom stereocenters. The number of nitrogens with one attached hydrogen (secondary N) is 1. The van der Waals surface area contributed by atoms with Crippen LogP contribution in [0.4, 0.5) is 5.82 Å². The number of carbonyl (C=O) groups is 1. The van der Waals surface area contributed by atoms with Gasteiger partial charge in [0.05, 0.1) is 42.0 Å². The third kappa shape index (κ3) is 4.12. The molecule has 0 saturated carbocycles. The number of anilines is 1. The molecule has 10 heteroatoms. The Morgan fingerprint density at radius 2 is 1.82 bits per heavy atom. The lowest BCUT2D eigenvalue weighted by Crippen LogP contribution is -2.35. The Morgan fingerprint density at radius 3 is 2.54 bits per heavy atom. The normalized spacial score (nSPS) is 15.1. The molecule has 4 heterocycles. The molecule has 1 fully saturated rings. The number of hydrogen-bond acceptors (Lipinski definition) is 5. The van der Waals surface area contributed by atoms with Crippen molar-refractivity contribution in [3.63, 3.8) is 0 Å². The molecule has 4 rings (SSSR count). The van der Waals surface area contributed by atoms with Crippen molar-refractivity contribution >= 4 is 46.0 Å². The van der Waals surface area contributed by atoms with Crippen molar-refractivity contribution in [1.29, 1.82) is 0 Å². The van der Waals surface area contributed by atoms with Crippen molar-refractivity contribution in [1.82, 2.24) is 24.6 Å². The molecular formula is C18H17B3N6O. The summed E-state index contributed by atoms with van der Waals surface area (Å²) in [4.78, 5) is 23.1. The lowest BCUT2D eigenvalue weighted by Gasteiger charge is -2.20. The average molecular weight is 366 g/mol. The standard InChI is InChI=1S/C18H17B3N6O/c19-18(20,21)27-10-14(9-24-27)15-5-12-6-16(23-8-13(12)7-22-15)25-17(28)11-26-3-1-2-4-26/h5-10H,1-4,11H2,(H,23,25,28). The van der Waals surface area contributed by atoms with E-state index in [4.69, 9.17) is 23.5 Å². The zero-order chi connectivity index (χ0) is 19.7. The van der Waals surface area contributed by atoms with Gasteiger partial charge in [-0.2, -0.15) is 5.10 Å². The Hall–Kier alpha value is -2.61. The summed E-state index contributed by atoms with van der Waals surface area (Å²) in [5, 5.41) is 7.12. The first-order valence-corrected chi connectivity index (χ1v) is 9.09. The Morgan fingerprint density at radius 1 is 1.07 bits per heavy atom. The molecule has 6 radical (unpaired) electrons. The number of nitrogens with zero attached hydrogens (tertiary/aromatic N) is 5. The SMILES string of the molecule is [B]C([B])([B])n1cc(-c2cc3cc(NC(=O)CN4CCCC4)ncc3cn2)cn1. The van der Waals surface area contributed by atoms with Crippen molar-refractivity contribution in [2.45, 2.75) is 18.1 Å². The Labute approximate surface area is 167 Å². The van der Waals surface area contributed by atoms with E-state index in [2.05, 4.69) is 25.3 Å². The second-order valence-corrected chi connectivity index (χ2v) is 7.08. The number of hydrogen-bond donors (Lipinski definition) is 1. The van der Waals surface area contributed by atoms with Gasteiger partial charge >= 0.3 is 0 Å². The summed E-state index contributed by atoms with van der Waals surface area (Å²) in [6, 6.07) is 3.71. The maximum absolute atomic E-state index is 12.2. The van der Waals surface area contributed by atoms with Gasteiger partial charge in [-0.1, -0.05) is 0 Å². The van der Waals surface area contributed by atoms with Crippen LogP contribution in [0.3, 0.4) is 0 Å². The van der Waals surface area contributed by atoms with E-state index in [1.165, 1.54) is 4.68 Å². The van der Waals surface area contributed by atoms with E-state index in [1.807, 2.05) is 12.1 Å². The van der Waals surface area contributed by atoms with E-state index in [9.17, 15) is 4.79 Å². The summed E-state index contributed by atoms with van der Waals surface area (Å²) in [5.74, 6) is 0.448. The minimum Gasteiger partial charge on any atom is -0.310 e. The van der Waals surface area contributed by atoms with Crippen LogP contribution in [0.5, 0.6) is 0 Å². The topological polar surface area (TPSA) is 75.9 Å². The minimum atomic E-state index is -1.58. The molecular weight excluding hydrogens is 349 g/mol. The van der Waals surface area contributed by atoms with Crippen molar-refractivity contribution in [3.8, 4) is 11.3 Å². The monoisotopic (exact) mass is 366 g/mol. The molecule has 7 nitrogen and oxygen atoms in total. The van der Waals surface area contributed by atoms with Crippen LogP contribution in [0, 0.1) is 0 Å². The summed E-state index contributed by atoms with van der Waals surface area (Å²) in [6.45, 7) is 2.33. The van der Waals surface area contributed by atoms with Gasteiger partial charge in [-0.25, -0.2) is 4.98 Å². The third-order valence-electron chi connectivity index (χ3n) is 4.71. The van der Waals surface area contributed by atoms with Crippen molar-refractivity contribution in [3.05, 3.63) is 36.9 Å². The number of aromatic nitrogens is 4. The van der Waals surface area contributed by atoms with Gasteiger partial charge in [0.25, 0.3) is 0 Å². The van der Waals surface area contributed by atoms with Gasteiger partial charge in [-0.15, -0.1) is 0 Å². The van der Waals surface area contributed by atoms with Gasteiger partial charge in [0.2, 0.25) is 5.91 Å². The second kappa shape index (κ2) is 7.43. The van der Waals surface area contributed by atoms with Crippen LogP contribution in [0.25, 0.3) is 22.0 Å². The minimum absolute atomic E-state index is 0.0607. The first-order valence-electron chi connectivity index (χ1n) is 9.09. The summed E-state index contributed by atoms with van der Waals surface area (Å²) >= 11 is 0. The number of rotatable bonds is 5. The van der Waals surface area contributed by atoms with E-state index < -0.39 is 5.24 Å². The Kier molecular flexibility index (Phi) is 4.97. The first-order chi connectivity index (χ1) is 13.4. The predicted octanol–water partition coefficient (Wildman–Crippen LogP) is 0.601. The molecule has 1 amide bonds. The fourth-order valence-corrected chi connectivity index (χ4v) is 3.26. The largest absolute Gasteiger partial charge is 0.310 e. The first kappa shape index (κ1) is 18.7. The summed E-state index contributed by atoms with van der Waals surface area (Å²) in [7, 11) is 16.9. The smallest absolute Gasteiger partial charge is 0.239 e. The fraction of sp³-hybridized carbons (Fsp3) is 0.333. The van der Waals surface area contributed by atoms with Crippen molar-refractivity contribution in [2.24, 2.45) is 0 Å². The molecule has 1 saturated heterocycles. The zero-order valence-electron chi connectivity index (χ0n) is 15.4. The summed E-state index contributed by atoms with van der Waals surface area (Å²) in [5.41, 5.74) is 1.41. The van der Waals surface area contributed by atoms with Crippen LogP contribution in [0.2, 0.25) is 0 Å². The molecule has 3 aromatic rings. The van der Waals surface area contributed by atoms with Crippen LogP contribution in [0.15, 0.2) is 36.9 Å². The lowest BCUT2D eigenvalue weighted by molar-refractivity contribution is -0.117. The highest BCUT2D eigenvalue weighted by Crippen LogP contribution is 2.23. The van der Waals surface area contributed by atoms with Gasteiger partial charge in [-0.05, 0) is 48.7 Å². The molecule has 134 valence electrons. The number of carbonyl (C=O) groups excluding carboxylic acids is 1. The van der Waals surface area contributed by atoms with E-state index >= 15 is 0 Å². The molecule has 0 bridgehead atoms. The van der Waals surface area contributed by atoms with Crippen LogP contribution in [-0.2, 0) is 10.0 Å².